The van der Waals surface area contributed by atoms with Crippen LogP contribution in [0.1, 0.15) is 117 Å². The number of aromatic nitrogens is 1. The first-order chi connectivity index (χ1) is 22.6. The largest absolute Gasteiger partial charge is 0.466 e. The summed E-state index contributed by atoms with van der Waals surface area (Å²) < 4.78 is 7.33. The minimum absolute atomic E-state index is 0.0276. The van der Waals surface area contributed by atoms with Crippen LogP contribution >= 0.6 is 0 Å². The number of hydrogen-bond acceptors (Lipinski definition) is 4. The lowest BCUT2D eigenvalue weighted by Gasteiger charge is -2.22. The molecular weight excluding hydrogens is 580 g/mol. The van der Waals surface area contributed by atoms with E-state index in [9.17, 15) is 9.59 Å². The normalized spacial score (nSPS) is 11.4. The standard InChI is InChI=1S/C42H54N2O3/c1-8-39-38(28-37(44(39)9-2)12-11-13-40(45)47-10-3)42(46)35-22-24-36(25-23-35)43-41(33-18-14-31(15-19-33)26-29(4)5)34-20-16-32(17-21-34)27-30(6)7/h14-25,28-30,41,43H,8-13,26-27H2,1-7H3. The molecule has 0 fully saturated rings. The lowest BCUT2D eigenvalue weighted by molar-refractivity contribution is -0.143. The topological polar surface area (TPSA) is 60.3 Å². The second-order valence-corrected chi connectivity index (χ2v) is 13.4. The third-order valence-electron chi connectivity index (χ3n) is 8.68. The van der Waals surface area contributed by atoms with Crippen molar-refractivity contribution in [3.63, 3.8) is 0 Å². The highest BCUT2D eigenvalue weighted by Gasteiger charge is 2.21. The molecule has 0 atom stereocenters. The lowest BCUT2D eigenvalue weighted by Crippen LogP contribution is -2.13. The highest BCUT2D eigenvalue weighted by molar-refractivity contribution is 6.10. The van der Waals surface area contributed by atoms with Gasteiger partial charge in [0.25, 0.3) is 0 Å². The van der Waals surface area contributed by atoms with Crippen LogP contribution in [0.25, 0.3) is 0 Å². The Balaban J connectivity index is 1.56. The molecular formula is C42H54N2O3. The number of nitrogens with one attached hydrogen (secondary N) is 1. The van der Waals surface area contributed by atoms with E-state index >= 15 is 0 Å². The van der Waals surface area contributed by atoms with Crippen LogP contribution in [0.2, 0.25) is 0 Å². The van der Waals surface area contributed by atoms with Crippen molar-refractivity contribution in [2.24, 2.45) is 11.8 Å². The molecule has 0 unspecified atom stereocenters. The molecule has 1 heterocycles. The van der Waals surface area contributed by atoms with Gasteiger partial charge in [0.15, 0.2) is 5.78 Å². The Labute approximate surface area is 282 Å². The van der Waals surface area contributed by atoms with Gasteiger partial charge in [-0.3, -0.25) is 9.59 Å². The van der Waals surface area contributed by atoms with Crippen molar-refractivity contribution in [3.8, 4) is 0 Å². The minimum atomic E-state index is -0.170. The molecule has 0 aliphatic heterocycles. The number of anilines is 1. The van der Waals surface area contributed by atoms with Gasteiger partial charge in [-0.15, -0.1) is 0 Å². The Bertz CT molecular complexity index is 1530. The molecule has 0 spiro atoms. The first kappa shape index (κ1) is 35.7. The lowest BCUT2D eigenvalue weighted by atomic mass is 9.93. The Morgan fingerprint density at radius 3 is 1.79 bits per heavy atom. The summed E-state index contributed by atoms with van der Waals surface area (Å²) in [5, 5.41) is 3.77. The molecule has 4 aromatic rings. The Morgan fingerprint density at radius 1 is 0.766 bits per heavy atom. The predicted octanol–water partition coefficient (Wildman–Crippen LogP) is 9.79. The number of esters is 1. The molecule has 4 rings (SSSR count). The van der Waals surface area contributed by atoms with Gasteiger partial charge in [-0.1, -0.05) is 83.1 Å². The van der Waals surface area contributed by atoms with E-state index in [4.69, 9.17) is 4.74 Å². The zero-order valence-corrected chi connectivity index (χ0v) is 29.6. The van der Waals surface area contributed by atoms with Crippen LogP contribution in [0.5, 0.6) is 0 Å². The fourth-order valence-corrected chi connectivity index (χ4v) is 6.51. The molecule has 0 saturated carbocycles. The third kappa shape index (κ3) is 9.70. The van der Waals surface area contributed by atoms with Gasteiger partial charge >= 0.3 is 5.97 Å². The fourth-order valence-electron chi connectivity index (χ4n) is 6.51. The highest BCUT2D eigenvalue weighted by Crippen LogP contribution is 2.29. The first-order valence-corrected chi connectivity index (χ1v) is 17.6. The van der Waals surface area contributed by atoms with Gasteiger partial charge in [0.1, 0.15) is 0 Å². The van der Waals surface area contributed by atoms with Gasteiger partial charge < -0.3 is 14.6 Å². The summed E-state index contributed by atoms with van der Waals surface area (Å²) in [4.78, 5) is 25.7. The van der Waals surface area contributed by atoms with E-state index in [-0.39, 0.29) is 17.8 Å². The van der Waals surface area contributed by atoms with Crippen LogP contribution < -0.4 is 5.32 Å². The van der Waals surface area contributed by atoms with E-state index in [1.807, 2.05) is 37.3 Å². The minimum Gasteiger partial charge on any atom is -0.466 e. The number of ketones is 1. The Morgan fingerprint density at radius 2 is 1.32 bits per heavy atom. The van der Waals surface area contributed by atoms with Crippen molar-refractivity contribution < 1.29 is 14.3 Å². The number of aryl methyl sites for hydroxylation is 1. The van der Waals surface area contributed by atoms with Crippen molar-refractivity contribution >= 4 is 17.4 Å². The first-order valence-electron chi connectivity index (χ1n) is 17.6. The maximum absolute atomic E-state index is 13.9. The number of rotatable bonds is 17. The van der Waals surface area contributed by atoms with Gasteiger partial charge in [0, 0.05) is 41.2 Å². The fraction of sp³-hybridized carbons (Fsp3) is 0.429. The molecule has 47 heavy (non-hydrogen) atoms. The summed E-state index contributed by atoms with van der Waals surface area (Å²) in [6.07, 6.45) is 4.70. The summed E-state index contributed by atoms with van der Waals surface area (Å²) >= 11 is 0. The average molecular weight is 635 g/mol. The van der Waals surface area contributed by atoms with Gasteiger partial charge in [-0.2, -0.15) is 0 Å². The van der Waals surface area contributed by atoms with E-state index in [0.29, 0.717) is 36.8 Å². The molecule has 5 heteroatoms. The van der Waals surface area contributed by atoms with Gasteiger partial charge in [-0.25, -0.2) is 0 Å². The zero-order chi connectivity index (χ0) is 33.9. The molecule has 0 aliphatic carbocycles. The SMILES string of the molecule is CCOC(=O)CCCc1cc(C(=O)c2ccc(NC(c3ccc(CC(C)C)cc3)c3ccc(CC(C)C)cc3)cc2)c(CC)n1CC. The van der Waals surface area contributed by atoms with E-state index < -0.39 is 0 Å². The van der Waals surface area contributed by atoms with Gasteiger partial charge in [-0.05, 0) is 110 Å². The molecule has 3 aromatic carbocycles. The Kier molecular flexibility index (Phi) is 13.0. The maximum atomic E-state index is 13.9. The van der Waals surface area contributed by atoms with Gasteiger partial charge in [0.2, 0.25) is 0 Å². The predicted molar refractivity (Wildman–Crippen MR) is 194 cm³/mol. The summed E-state index contributed by atoms with van der Waals surface area (Å²) in [5.41, 5.74) is 9.64. The summed E-state index contributed by atoms with van der Waals surface area (Å²) in [5.74, 6) is 1.09. The van der Waals surface area contributed by atoms with E-state index in [1.165, 1.54) is 22.3 Å². The average Bonchev–Trinajstić information content (AvgIpc) is 3.41. The van der Waals surface area contributed by atoms with Crippen LogP contribution in [0.3, 0.4) is 0 Å². The summed E-state index contributed by atoms with van der Waals surface area (Å²) in [6, 6.07) is 27.9. The van der Waals surface area contributed by atoms with Crippen molar-refractivity contribution in [1.29, 1.82) is 0 Å². The molecule has 0 aliphatic rings. The van der Waals surface area contributed by atoms with Crippen molar-refractivity contribution in [3.05, 3.63) is 124 Å². The van der Waals surface area contributed by atoms with E-state index in [2.05, 4.69) is 100.0 Å². The van der Waals surface area contributed by atoms with Gasteiger partial charge in [0.05, 0.1) is 12.6 Å². The summed E-state index contributed by atoms with van der Waals surface area (Å²) in [6.45, 7) is 16.2. The van der Waals surface area contributed by atoms with Crippen LogP contribution in [-0.2, 0) is 41.8 Å². The van der Waals surface area contributed by atoms with E-state index in [0.717, 1.165) is 54.9 Å². The molecule has 5 nitrogen and oxygen atoms in total. The smallest absolute Gasteiger partial charge is 0.305 e. The van der Waals surface area contributed by atoms with Crippen molar-refractivity contribution in [2.75, 3.05) is 11.9 Å². The molecule has 0 saturated heterocycles. The third-order valence-corrected chi connectivity index (χ3v) is 8.68. The summed E-state index contributed by atoms with van der Waals surface area (Å²) in [7, 11) is 0. The number of carbonyl (C=O) groups excluding carboxylic acids is 2. The second kappa shape index (κ2) is 17.2. The maximum Gasteiger partial charge on any atom is 0.305 e. The quantitative estimate of drug-likeness (QED) is 0.0928. The number of benzene rings is 3. The van der Waals surface area contributed by atoms with Crippen LogP contribution in [0.4, 0.5) is 5.69 Å². The van der Waals surface area contributed by atoms with Crippen molar-refractivity contribution in [2.45, 2.75) is 99.6 Å². The number of carbonyl (C=O) groups is 2. The number of nitrogens with zero attached hydrogens (tertiary/aromatic N) is 1. The molecule has 0 radical (unpaired) electrons. The monoisotopic (exact) mass is 634 g/mol. The van der Waals surface area contributed by atoms with E-state index in [1.54, 1.807) is 0 Å². The van der Waals surface area contributed by atoms with Crippen LogP contribution in [-0.4, -0.2) is 22.9 Å². The highest BCUT2D eigenvalue weighted by atomic mass is 16.5. The molecule has 250 valence electrons. The van der Waals surface area contributed by atoms with Crippen LogP contribution in [0, 0.1) is 11.8 Å². The molecule has 0 amide bonds. The molecule has 1 N–H and O–H groups in total. The Hall–Kier alpha value is -4.12. The van der Waals surface area contributed by atoms with Crippen LogP contribution in [0.15, 0.2) is 78.9 Å². The van der Waals surface area contributed by atoms with Crippen molar-refractivity contribution in [1.82, 2.24) is 4.57 Å². The molecule has 1 aromatic heterocycles. The number of ether oxygens (including phenoxy) is 1. The zero-order valence-electron chi connectivity index (χ0n) is 29.6. The molecule has 0 bridgehead atoms. The second-order valence-electron chi connectivity index (χ2n) is 13.4. The number of hydrogen-bond donors (Lipinski definition) is 1.